The molecule has 1 heterocycles. The molecule has 0 bridgehead atoms. The number of hydrogen-bond acceptors (Lipinski definition) is 3. The van der Waals surface area contributed by atoms with E-state index < -0.39 is 0 Å². The highest BCUT2D eigenvalue weighted by molar-refractivity contribution is 6.30. The molecule has 2 aromatic carbocycles. The lowest BCUT2D eigenvalue weighted by Gasteiger charge is -2.37. The molecule has 0 fully saturated rings. The van der Waals surface area contributed by atoms with Crippen molar-refractivity contribution in [2.24, 2.45) is 5.92 Å². The summed E-state index contributed by atoms with van der Waals surface area (Å²) in [4.78, 5) is 11.1. The van der Waals surface area contributed by atoms with Gasteiger partial charge in [-0.15, -0.1) is 0 Å². The quantitative estimate of drug-likeness (QED) is 0.476. The zero-order valence-corrected chi connectivity index (χ0v) is 13.0. The number of nitrogens with zero attached hydrogens (tertiary/aromatic N) is 1. The minimum absolute atomic E-state index is 0.0784. The summed E-state index contributed by atoms with van der Waals surface area (Å²) in [5, 5.41) is 15.6. The molecular weight excluding hydrogens is 312 g/mol. The van der Waals surface area contributed by atoms with Crippen LogP contribution >= 0.6 is 11.6 Å². The van der Waals surface area contributed by atoms with E-state index in [4.69, 9.17) is 11.6 Å². The summed E-state index contributed by atoms with van der Waals surface area (Å²) in [6.07, 6.45) is 5.26. The van der Waals surface area contributed by atoms with E-state index in [1.807, 2.05) is 30.3 Å². The fourth-order valence-corrected chi connectivity index (χ4v) is 3.97. The standard InChI is InChI=1S/C18H15ClN2O2/c19-11-8-9-16-15(10-11)12-5-3-6-13(12)18(20-16)14-4-1-2-7-17(14)21(22)23/h1-5,7-10,12-13,18,20H,6H2/t12-,13+,18-/m0/s1. The first kappa shape index (κ1) is 14.3. The largest absolute Gasteiger partial charge is 0.377 e. The van der Waals surface area contributed by atoms with E-state index in [1.54, 1.807) is 12.1 Å². The van der Waals surface area contributed by atoms with Gasteiger partial charge in [0.2, 0.25) is 0 Å². The van der Waals surface area contributed by atoms with Gasteiger partial charge < -0.3 is 5.32 Å². The minimum Gasteiger partial charge on any atom is -0.377 e. The van der Waals surface area contributed by atoms with Gasteiger partial charge in [-0.25, -0.2) is 0 Å². The van der Waals surface area contributed by atoms with Crippen LogP contribution in [0.25, 0.3) is 0 Å². The molecule has 5 heteroatoms. The first-order chi connectivity index (χ1) is 11.1. The van der Waals surface area contributed by atoms with Crippen molar-refractivity contribution in [1.82, 2.24) is 0 Å². The Morgan fingerprint density at radius 3 is 2.83 bits per heavy atom. The Hall–Kier alpha value is -2.33. The molecule has 0 saturated carbocycles. The van der Waals surface area contributed by atoms with Crippen LogP contribution in [0.4, 0.5) is 11.4 Å². The summed E-state index contributed by atoms with van der Waals surface area (Å²) in [5.74, 6) is 0.511. The van der Waals surface area contributed by atoms with Crippen molar-refractivity contribution >= 4 is 23.0 Å². The van der Waals surface area contributed by atoms with Crippen LogP contribution in [0.5, 0.6) is 0 Å². The zero-order chi connectivity index (χ0) is 16.0. The molecule has 4 rings (SSSR count). The number of nitrogens with one attached hydrogen (secondary N) is 1. The third kappa shape index (κ3) is 2.30. The maximum absolute atomic E-state index is 11.4. The van der Waals surface area contributed by atoms with E-state index in [0.717, 1.165) is 17.7 Å². The number of para-hydroxylation sites is 1. The number of halogens is 1. The molecular formula is C18H15ClN2O2. The molecule has 1 aliphatic carbocycles. The normalized spacial score (nSPS) is 24.7. The first-order valence-corrected chi connectivity index (χ1v) is 7.99. The highest BCUT2D eigenvalue weighted by Crippen LogP contribution is 2.51. The summed E-state index contributed by atoms with van der Waals surface area (Å²) in [6, 6.07) is 12.7. The van der Waals surface area contributed by atoms with E-state index >= 15 is 0 Å². The van der Waals surface area contributed by atoms with Crippen LogP contribution in [0, 0.1) is 16.0 Å². The van der Waals surface area contributed by atoms with Gasteiger partial charge in [-0.3, -0.25) is 10.1 Å². The van der Waals surface area contributed by atoms with Gasteiger partial charge in [0.05, 0.1) is 16.5 Å². The Morgan fingerprint density at radius 2 is 2.00 bits per heavy atom. The van der Waals surface area contributed by atoms with Crippen LogP contribution in [0.3, 0.4) is 0 Å². The molecule has 1 aliphatic heterocycles. The second kappa shape index (κ2) is 5.39. The van der Waals surface area contributed by atoms with Gasteiger partial charge in [0.25, 0.3) is 5.69 Å². The van der Waals surface area contributed by atoms with E-state index in [1.165, 1.54) is 5.56 Å². The summed E-state index contributed by atoms with van der Waals surface area (Å²) in [6.45, 7) is 0. The second-order valence-electron chi connectivity index (χ2n) is 6.02. The number of anilines is 1. The number of hydrogen-bond donors (Lipinski definition) is 1. The van der Waals surface area contributed by atoms with Gasteiger partial charge in [-0.1, -0.05) is 42.0 Å². The third-order valence-electron chi connectivity index (χ3n) is 4.79. The molecule has 3 atom stereocenters. The molecule has 0 amide bonds. The first-order valence-electron chi connectivity index (χ1n) is 7.61. The summed E-state index contributed by atoms with van der Waals surface area (Å²) >= 11 is 6.15. The van der Waals surface area contributed by atoms with E-state index in [2.05, 4.69) is 17.5 Å². The summed E-state index contributed by atoms with van der Waals surface area (Å²) in [7, 11) is 0. The number of benzene rings is 2. The van der Waals surface area contributed by atoms with Crippen LogP contribution in [0.2, 0.25) is 5.02 Å². The molecule has 0 unspecified atom stereocenters. The predicted molar refractivity (Wildman–Crippen MR) is 90.9 cm³/mol. The minimum atomic E-state index is -0.300. The lowest BCUT2D eigenvalue weighted by atomic mass is 9.76. The van der Waals surface area contributed by atoms with Crippen LogP contribution in [-0.2, 0) is 0 Å². The second-order valence-corrected chi connectivity index (χ2v) is 6.46. The zero-order valence-electron chi connectivity index (χ0n) is 12.3. The van der Waals surface area contributed by atoms with Crippen molar-refractivity contribution in [3.8, 4) is 0 Å². The van der Waals surface area contributed by atoms with Gasteiger partial charge in [-0.2, -0.15) is 0 Å². The van der Waals surface area contributed by atoms with Gasteiger partial charge >= 0.3 is 0 Å². The number of allylic oxidation sites excluding steroid dienone is 2. The molecule has 0 aromatic heterocycles. The average Bonchev–Trinajstić information content (AvgIpc) is 3.04. The number of nitro groups is 1. The fraction of sp³-hybridized carbons (Fsp3) is 0.222. The van der Waals surface area contributed by atoms with Gasteiger partial charge in [-0.05, 0) is 36.1 Å². The molecule has 2 aromatic rings. The Morgan fingerprint density at radius 1 is 1.17 bits per heavy atom. The van der Waals surface area contributed by atoms with Crippen molar-refractivity contribution in [1.29, 1.82) is 0 Å². The van der Waals surface area contributed by atoms with E-state index in [-0.39, 0.29) is 28.5 Å². The molecule has 23 heavy (non-hydrogen) atoms. The van der Waals surface area contributed by atoms with Gasteiger partial charge in [0, 0.05) is 22.7 Å². The Balaban J connectivity index is 1.83. The van der Waals surface area contributed by atoms with E-state index in [9.17, 15) is 10.1 Å². The summed E-state index contributed by atoms with van der Waals surface area (Å²) in [5.41, 5.74) is 3.10. The highest BCUT2D eigenvalue weighted by atomic mass is 35.5. The number of fused-ring (bicyclic) bond motifs is 3. The van der Waals surface area contributed by atoms with Crippen molar-refractivity contribution in [3.63, 3.8) is 0 Å². The maximum Gasteiger partial charge on any atom is 0.274 e. The number of nitro benzene ring substituents is 1. The van der Waals surface area contributed by atoms with Gasteiger partial charge in [0.15, 0.2) is 0 Å². The highest BCUT2D eigenvalue weighted by Gasteiger charge is 2.40. The maximum atomic E-state index is 11.4. The lowest BCUT2D eigenvalue weighted by Crippen LogP contribution is -2.29. The molecule has 0 radical (unpaired) electrons. The Bertz CT molecular complexity index is 818. The SMILES string of the molecule is O=[N+]([O-])c1ccccc1[C@H]1Nc2ccc(Cl)cc2[C@H]2C=CC[C@H]21. The molecule has 0 spiro atoms. The van der Waals surface area contributed by atoms with Crippen molar-refractivity contribution in [2.75, 3.05) is 5.32 Å². The van der Waals surface area contributed by atoms with E-state index in [0.29, 0.717) is 5.02 Å². The average molecular weight is 327 g/mol. The van der Waals surface area contributed by atoms with Crippen molar-refractivity contribution in [2.45, 2.75) is 18.4 Å². The molecule has 1 N–H and O–H groups in total. The Labute approximate surface area is 138 Å². The monoisotopic (exact) mass is 326 g/mol. The van der Waals surface area contributed by atoms with Crippen molar-refractivity contribution in [3.05, 3.63) is 80.9 Å². The Kier molecular flexibility index (Phi) is 3.34. The van der Waals surface area contributed by atoms with Crippen molar-refractivity contribution < 1.29 is 4.92 Å². The number of rotatable bonds is 2. The topological polar surface area (TPSA) is 55.2 Å². The third-order valence-corrected chi connectivity index (χ3v) is 5.03. The van der Waals surface area contributed by atoms with Crippen LogP contribution in [0.15, 0.2) is 54.6 Å². The smallest absolute Gasteiger partial charge is 0.274 e. The summed E-state index contributed by atoms with van der Waals surface area (Å²) < 4.78 is 0. The molecule has 2 aliphatic rings. The molecule has 4 nitrogen and oxygen atoms in total. The van der Waals surface area contributed by atoms with Crippen LogP contribution in [-0.4, -0.2) is 4.92 Å². The van der Waals surface area contributed by atoms with Crippen LogP contribution < -0.4 is 5.32 Å². The molecule has 0 saturated heterocycles. The molecule has 116 valence electrons. The van der Waals surface area contributed by atoms with Gasteiger partial charge in [0.1, 0.15) is 0 Å². The fourth-order valence-electron chi connectivity index (χ4n) is 3.79. The lowest BCUT2D eigenvalue weighted by molar-refractivity contribution is -0.385. The van der Waals surface area contributed by atoms with Crippen LogP contribution in [0.1, 0.15) is 29.5 Å². The predicted octanol–water partition coefficient (Wildman–Crippen LogP) is 5.07.